The molecule has 0 radical (unpaired) electrons. The largest absolute Gasteiger partial charge is 0.380 e. The van der Waals surface area contributed by atoms with Crippen LogP contribution < -0.4 is 5.32 Å². The molecule has 3 heteroatoms. The lowest BCUT2D eigenvalue weighted by molar-refractivity contribution is 0.107. The maximum Gasteiger partial charge on any atom is 0.0593 e. The van der Waals surface area contributed by atoms with Gasteiger partial charge in [0.15, 0.2) is 0 Å². The third kappa shape index (κ3) is 7.34. The molecule has 0 spiro atoms. The van der Waals surface area contributed by atoms with Crippen LogP contribution in [0.25, 0.3) is 0 Å². The van der Waals surface area contributed by atoms with E-state index in [9.17, 15) is 0 Å². The monoisotopic (exact) mass is 256 g/mol. The van der Waals surface area contributed by atoms with Crippen molar-refractivity contribution in [2.24, 2.45) is 5.92 Å². The predicted molar refractivity (Wildman–Crippen MR) is 78.0 cm³/mol. The fourth-order valence-corrected chi connectivity index (χ4v) is 2.28. The lowest BCUT2D eigenvalue weighted by atomic mass is 10.1. The summed E-state index contributed by atoms with van der Waals surface area (Å²) >= 11 is 0. The van der Waals surface area contributed by atoms with Gasteiger partial charge in [0.2, 0.25) is 0 Å². The summed E-state index contributed by atoms with van der Waals surface area (Å²) in [6.45, 7) is 15.5. The van der Waals surface area contributed by atoms with Crippen LogP contribution in [0.3, 0.4) is 0 Å². The van der Waals surface area contributed by atoms with Crippen molar-refractivity contribution < 1.29 is 4.74 Å². The molecule has 1 aliphatic heterocycles. The summed E-state index contributed by atoms with van der Waals surface area (Å²) in [4.78, 5) is 2.54. The number of hydrogen-bond donors (Lipinski definition) is 1. The minimum Gasteiger partial charge on any atom is -0.380 e. The molecule has 0 aliphatic carbocycles. The number of rotatable bonds is 8. The Bertz CT molecular complexity index is 213. The van der Waals surface area contributed by atoms with Gasteiger partial charge in [0, 0.05) is 25.2 Å². The first-order valence-electron chi connectivity index (χ1n) is 7.56. The van der Waals surface area contributed by atoms with Crippen LogP contribution in [0, 0.1) is 5.92 Å². The van der Waals surface area contributed by atoms with E-state index in [4.69, 9.17) is 4.74 Å². The van der Waals surface area contributed by atoms with Gasteiger partial charge in [0.05, 0.1) is 6.61 Å². The highest BCUT2D eigenvalue weighted by molar-refractivity contribution is 4.80. The molecule has 1 rings (SSSR count). The van der Waals surface area contributed by atoms with Crippen LogP contribution in [0.1, 0.15) is 47.0 Å². The molecule has 1 unspecified atom stereocenters. The first-order valence-corrected chi connectivity index (χ1v) is 7.56. The SMILES string of the molecule is CCCCOCCN1CCC(CNC(C)(C)C)C1. The number of likely N-dealkylation sites (tertiary alicyclic amines) is 1. The van der Waals surface area contributed by atoms with Crippen molar-refractivity contribution in [1.82, 2.24) is 10.2 Å². The van der Waals surface area contributed by atoms with Crippen LogP contribution in [0.15, 0.2) is 0 Å². The Morgan fingerprint density at radius 2 is 2.06 bits per heavy atom. The number of hydrogen-bond acceptors (Lipinski definition) is 3. The zero-order valence-electron chi connectivity index (χ0n) is 12.8. The molecule has 0 amide bonds. The van der Waals surface area contributed by atoms with Gasteiger partial charge in [-0.1, -0.05) is 13.3 Å². The van der Waals surface area contributed by atoms with Gasteiger partial charge in [-0.25, -0.2) is 0 Å². The Morgan fingerprint density at radius 3 is 2.72 bits per heavy atom. The smallest absolute Gasteiger partial charge is 0.0593 e. The van der Waals surface area contributed by atoms with Gasteiger partial charge in [-0.15, -0.1) is 0 Å². The van der Waals surface area contributed by atoms with Gasteiger partial charge in [0.1, 0.15) is 0 Å². The molecule has 0 aromatic heterocycles. The Hall–Kier alpha value is -0.120. The zero-order valence-corrected chi connectivity index (χ0v) is 12.8. The Labute approximate surface area is 113 Å². The molecule has 0 aromatic carbocycles. The molecule has 1 aliphatic rings. The molecule has 1 heterocycles. The average Bonchev–Trinajstić information content (AvgIpc) is 2.73. The summed E-state index contributed by atoms with van der Waals surface area (Å²) in [5.74, 6) is 0.819. The molecule has 0 aromatic rings. The zero-order chi connectivity index (χ0) is 13.4. The summed E-state index contributed by atoms with van der Waals surface area (Å²) in [6, 6.07) is 0. The molecule has 1 N–H and O–H groups in total. The van der Waals surface area contributed by atoms with Crippen molar-refractivity contribution in [3.8, 4) is 0 Å². The third-order valence-electron chi connectivity index (χ3n) is 3.49. The first-order chi connectivity index (χ1) is 8.51. The average molecular weight is 256 g/mol. The van der Waals surface area contributed by atoms with Gasteiger partial charge < -0.3 is 15.0 Å². The van der Waals surface area contributed by atoms with Gasteiger partial charge in [0.25, 0.3) is 0 Å². The second kappa shape index (κ2) is 8.13. The second-order valence-electron chi connectivity index (χ2n) is 6.55. The van der Waals surface area contributed by atoms with Crippen LogP contribution >= 0.6 is 0 Å². The molecular weight excluding hydrogens is 224 g/mol. The van der Waals surface area contributed by atoms with E-state index in [0.717, 1.165) is 32.2 Å². The van der Waals surface area contributed by atoms with Gasteiger partial charge in [-0.2, -0.15) is 0 Å². The molecule has 0 bridgehead atoms. The minimum atomic E-state index is 0.247. The summed E-state index contributed by atoms with van der Waals surface area (Å²) < 4.78 is 5.63. The van der Waals surface area contributed by atoms with E-state index >= 15 is 0 Å². The van der Waals surface area contributed by atoms with Crippen molar-refractivity contribution in [1.29, 1.82) is 0 Å². The number of unbranched alkanes of at least 4 members (excludes halogenated alkanes) is 1. The molecule has 1 atom stereocenters. The third-order valence-corrected chi connectivity index (χ3v) is 3.49. The summed E-state index contributed by atoms with van der Waals surface area (Å²) in [6.07, 6.45) is 3.75. The van der Waals surface area contributed by atoms with E-state index < -0.39 is 0 Å². The Morgan fingerprint density at radius 1 is 1.28 bits per heavy atom. The maximum atomic E-state index is 5.63. The van der Waals surface area contributed by atoms with Crippen molar-refractivity contribution in [3.05, 3.63) is 0 Å². The lowest BCUT2D eigenvalue weighted by Crippen LogP contribution is -2.39. The number of nitrogens with zero attached hydrogens (tertiary/aromatic N) is 1. The fraction of sp³-hybridized carbons (Fsp3) is 1.00. The van der Waals surface area contributed by atoms with E-state index in [2.05, 4.69) is 37.9 Å². The van der Waals surface area contributed by atoms with Crippen molar-refractivity contribution in [2.45, 2.75) is 52.5 Å². The molecule has 3 nitrogen and oxygen atoms in total. The van der Waals surface area contributed by atoms with Crippen molar-refractivity contribution in [3.63, 3.8) is 0 Å². The van der Waals surface area contributed by atoms with Gasteiger partial charge >= 0.3 is 0 Å². The molecule has 18 heavy (non-hydrogen) atoms. The molecule has 1 fully saturated rings. The number of ether oxygens (including phenoxy) is 1. The maximum absolute atomic E-state index is 5.63. The standard InChI is InChI=1S/C15H32N2O/c1-5-6-10-18-11-9-17-8-7-14(13-17)12-16-15(2,3)4/h14,16H,5-13H2,1-4H3. The van der Waals surface area contributed by atoms with E-state index in [1.807, 2.05) is 0 Å². The van der Waals surface area contributed by atoms with Gasteiger partial charge in [-0.3, -0.25) is 0 Å². The first kappa shape index (κ1) is 15.9. The van der Waals surface area contributed by atoms with Crippen LogP contribution in [0.5, 0.6) is 0 Å². The van der Waals surface area contributed by atoms with E-state index in [1.54, 1.807) is 0 Å². The Balaban J connectivity index is 2.03. The summed E-state index contributed by atoms with van der Waals surface area (Å²) in [5.41, 5.74) is 0.247. The minimum absolute atomic E-state index is 0.247. The fourth-order valence-electron chi connectivity index (χ4n) is 2.28. The van der Waals surface area contributed by atoms with Crippen molar-refractivity contribution in [2.75, 3.05) is 39.4 Å². The topological polar surface area (TPSA) is 24.5 Å². The number of nitrogens with one attached hydrogen (secondary N) is 1. The lowest BCUT2D eigenvalue weighted by Gasteiger charge is -2.23. The van der Waals surface area contributed by atoms with Crippen LogP contribution in [0.4, 0.5) is 0 Å². The highest BCUT2D eigenvalue weighted by atomic mass is 16.5. The van der Waals surface area contributed by atoms with E-state index in [0.29, 0.717) is 0 Å². The van der Waals surface area contributed by atoms with Crippen LogP contribution in [0.2, 0.25) is 0 Å². The van der Waals surface area contributed by atoms with Crippen LogP contribution in [-0.2, 0) is 4.74 Å². The Kier molecular flexibility index (Phi) is 7.20. The van der Waals surface area contributed by atoms with Gasteiger partial charge in [-0.05, 0) is 52.6 Å². The highest BCUT2D eigenvalue weighted by Crippen LogP contribution is 2.15. The second-order valence-corrected chi connectivity index (χ2v) is 6.55. The summed E-state index contributed by atoms with van der Waals surface area (Å²) in [5, 5.41) is 3.61. The molecule has 0 saturated carbocycles. The van der Waals surface area contributed by atoms with Crippen molar-refractivity contribution >= 4 is 0 Å². The predicted octanol–water partition coefficient (Wildman–Crippen LogP) is 2.51. The molecular formula is C15H32N2O. The van der Waals surface area contributed by atoms with E-state index in [-0.39, 0.29) is 5.54 Å². The normalized spacial score (nSPS) is 21.7. The summed E-state index contributed by atoms with van der Waals surface area (Å²) in [7, 11) is 0. The molecule has 1 saturated heterocycles. The highest BCUT2D eigenvalue weighted by Gasteiger charge is 2.23. The van der Waals surface area contributed by atoms with Crippen LogP contribution in [-0.4, -0.2) is 49.8 Å². The molecule has 108 valence electrons. The quantitative estimate of drug-likeness (QED) is 0.675. The van der Waals surface area contributed by atoms with E-state index in [1.165, 1.54) is 32.4 Å².